The van der Waals surface area contributed by atoms with Gasteiger partial charge >= 0.3 is 0 Å². The van der Waals surface area contributed by atoms with Crippen LogP contribution >= 0.6 is 0 Å². The van der Waals surface area contributed by atoms with Crippen molar-refractivity contribution in [3.05, 3.63) is 24.3 Å². The monoisotopic (exact) mass is 248 g/mol. The molecule has 2 unspecified atom stereocenters. The molecule has 3 heteroatoms. The Labute approximate surface area is 110 Å². The van der Waals surface area contributed by atoms with Crippen LogP contribution in [0, 0.1) is 11.8 Å². The fourth-order valence-corrected chi connectivity index (χ4v) is 2.72. The summed E-state index contributed by atoms with van der Waals surface area (Å²) in [6.45, 7) is 5.38. The molecule has 0 aliphatic carbocycles. The zero-order valence-electron chi connectivity index (χ0n) is 11.4. The van der Waals surface area contributed by atoms with Gasteiger partial charge in [0.05, 0.1) is 7.11 Å². The lowest BCUT2D eigenvalue weighted by Crippen LogP contribution is -2.21. The molecule has 0 aromatic heterocycles. The Morgan fingerprint density at radius 1 is 1.39 bits per heavy atom. The Morgan fingerprint density at radius 2 is 2.11 bits per heavy atom. The minimum atomic E-state index is 0.644. The molecule has 1 aliphatic rings. The van der Waals surface area contributed by atoms with Crippen molar-refractivity contribution in [1.29, 1.82) is 0 Å². The number of methoxy groups -OCH3 is 1. The van der Waals surface area contributed by atoms with Gasteiger partial charge in [0.1, 0.15) is 5.75 Å². The molecular weight excluding hydrogens is 224 g/mol. The molecule has 18 heavy (non-hydrogen) atoms. The highest BCUT2D eigenvalue weighted by Gasteiger charge is 2.23. The van der Waals surface area contributed by atoms with Gasteiger partial charge in [-0.3, -0.25) is 0 Å². The highest BCUT2D eigenvalue weighted by atomic mass is 16.5. The molecule has 2 atom stereocenters. The maximum absolute atomic E-state index is 5.70. The first-order chi connectivity index (χ1) is 8.72. The third-order valence-electron chi connectivity index (χ3n) is 3.86. The van der Waals surface area contributed by atoms with Gasteiger partial charge in [0.25, 0.3) is 0 Å². The lowest BCUT2D eigenvalue weighted by atomic mass is 9.95. The minimum Gasteiger partial charge on any atom is -0.497 e. The summed E-state index contributed by atoms with van der Waals surface area (Å²) in [6, 6.07) is 8.36. The summed E-state index contributed by atoms with van der Waals surface area (Å²) >= 11 is 0. The summed E-state index contributed by atoms with van der Waals surface area (Å²) < 4.78 is 5.19. The van der Waals surface area contributed by atoms with E-state index in [1.807, 2.05) is 12.1 Å². The van der Waals surface area contributed by atoms with Gasteiger partial charge in [-0.15, -0.1) is 0 Å². The summed E-state index contributed by atoms with van der Waals surface area (Å²) in [5.41, 5.74) is 7.00. The predicted molar refractivity (Wildman–Crippen MR) is 76.1 cm³/mol. The van der Waals surface area contributed by atoms with Crippen LogP contribution in [0.2, 0.25) is 0 Å². The van der Waals surface area contributed by atoms with Crippen LogP contribution < -0.4 is 15.4 Å². The Kier molecular flexibility index (Phi) is 4.48. The lowest BCUT2D eigenvalue weighted by Gasteiger charge is -2.20. The van der Waals surface area contributed by atoms with Crippen molar-refractivity contribution in [2.45, 2.75) is 19.8 Å². The zero-order valence-corrected chi connectivity index (χ0v) is 11.4. The minimum absolute atomic E-state index is 0.644. The molecule has 1 aliphatic heterocycles. The van der Waals surface area contributed by atoms with E-state index in [9.17, 15) is 0 Å². The van der Waals surface area contributed by atoms with E-state index in [2.05, 4.69) is 24.0 Å². The summed E-state index contributed by atoms with van der Waals surface area (Å²) in [4.78, 5) is 2.47. The Morgan fingerprint density at radius 3 is 2.72 bits per heavy atom. The van der Waals surface area contributed by atoms with Gasteiger partial charge in [0.15, 0.2) is 0 Å². The number of hydrogen-bond acceptors (Lipinski definition) is 3. The first kappa shape index (κ1) is 13.2. The van der Waals surface area contributed by atoms with E-state index >= 15 is 0 Å². The molecular formula is C15H24N2O. The summed E-state index contributed by atoms with van der Waals surface area (Å²) in [7, 11) is 1.70. The van der Waals surface area contributed by atoms with Gasteiger partial charge < -0.3 is 15.4 Å². The Balaban J connectivity index is 1.91. The van der Waals surface area contributed by atoms with Crippen molar-refractivity contribution in [2.24, 2.45) is 17.6 Å². The molecule has 2 N–H and O–H groups in total. The number of ether oxygens (including phenoxy) is 1. The molecule has 0 bridgehead atoms. The van der Waals surface area contributed by atoms with Gasteiger partial charge in [0.2, 0.25) is 0 Å². The van der Waals surface area contributed by atoms with Crippen LogP contribution in [0.15, 0.2) is 24.3 Å². The highest BCUT2D eigenvalue weighted by Crippen LogP contribution is 2.28. The van der Waals surface area contributed by atoms with Gasteiger partial charge in [0, 0.05) is 18.8 Å². The van der Waals surface area contributed by atoms with Gasteiger partial charge in [-0.2, -0.15) is 0 Å². The topological polar surface area (TPSA) is 38.5 Å². The van der Waals surface area contributed by atoms with Crippen LogP contribution in [0.1, 0.15) is 19.8 Å². The summed E-state index contributed by atoms with van der Waals surface area (Å²) in [5, 5.41) is 0. The Bertz CT molecular complexity index is 363. The number of nitrogens with zero attached hydrogens (tertiary/aromatic N) is 1. The van der Waals surface area contributed by atoms with Crippen LogP contribution in [0.5, 0.6) is 5.75 Å². The first-order valence-electron chi connectivity index (χ1n) is 6.82. The molecule has 2 rings (SSSR count). The number of anilines is 1. The standard InChI is InChI=1S/C15H24N2O/c1-12(10-16)9-13-7-8-17(11-13)14-3-5-15(18-2)6-4-14/h3-6,12-13H,7-11,16H2,1-2H3. The largest absolute Gasteiger partial charge is 0.497 e. The van der Waals surface area contributed by atoms with Gasteiger partial charge in [-0.25, -0.2) is 0 Å². The summed E-state index contributed by atoms with van der Waals surface area (Å²) in [5.74, 6) is 2.36. The maximum atomic E-state index is 5.70. The molecule has 100 valence electrons. The number of nitrogens with two attached hydrogens (primary N) is 1. The van der Waals surface area contributed by atoms with Crippen LogP contribution in [0.3, 0.4) is 0 Å². The third-order valence-corrected chi connectivity index (χ3v) is 3.86. The fraction of sp³-hybridized carbons (Fsp3) is 0.600. The molecule has 1 aromatic carbocycles. The second kappa shape index (κ2) is 6.10. The molecule has 0 spiro atoms. The van der Waals surface area contributed by atoms with Crippen LogP contribution in [-0.2, 0) is 0 Å². The SMILES string of the molecule is COc1ccc(N2CCC(CC(C)CN)C2)cc1. The van der Waals surface area contributed by atoms with Crippen molar-refractivity contribution >= 4 is 5.69 Å². The highest BCUT2D eigenvalue weighted by molar-refractivity contribution is 5.49. The van der Waals surface area contributed by atoms with Crippen LogP contribution in [-0.4, -0.2) is 26.7 Å². The van der Waals surface area contributed by atoms with E-state index in [1.54, 1.807) is 7.11 Å². The van der Waals surface area contributed by atoms with Crippen molar-refractivity contribution in [3.8, 4) is 5.75 Å². The van der Waals surface area contributed by atoms with E-state index in [1.165, 1.54) is 18.5 Å². The second-order valence-electron chi connectivity index (χ2n) is 5.38. The molecule has 3 nitrogen and oxygen atoms in total. The normalized spacial score (nSPS) is 21.1. The molecule has 0 amide bonds. The van der Waals surface area contributed by atoms with E-state index in [0.717, 1.165) is 31.3 Å². The third kappa shape index (κ3) is 3.16. The maximum Gasteiger partial charge on any atom is 0.119 e. The van der Waals surface area contributed by atoms with E-state index in [-0.39, 0.29) is 0 Å². The zero-order chi connectivity index (χ0) is 13.0. The molecule has 0 saturated carbocycles. The molecule has 1 heterocycles. The van der Waals surface area contributed by atoms with Crippen LogP contribution in [0.4, 0.5) is 5.69 Å². The predicted octanol–water partition coefficient (Wildman–Crippen LogP) is 2.51. The van der Waals surface area contributed by atoms with E-state index < -0.39 is 0 Å². The van der Waals surface area contributed by atoms with E-state index in [4.69, 9.17) is 10.5 Å². The van der Waals surface area contributed by atoms with Crippen molar-refractivity contribution < 1.29 is 4.74 Å². The second-order valence-corrected chi connectivity index (χ2v) is 5.38. The van der Waals surface area contributed by atoms with Crippen LogP contribution in [0.25, 0.3) is 0 Å². The number of rotatable bonds is 5. The number of benzene rings is 1. The average molecular weight is 248 g/mol. The molecule has 1 aromatic rings. The first-order valence-corrected chi connectivity index (χ1v) is 6.82. The van der Waals surface area contributed by atoms with Gasteiger partial charge in [-0.05, 0) is 55.5 Å². The lowest BCUT2D eigenvalue weighted by molar-refractivity contribution is 0.414. The quantitative estimate of drug-likeness (QED) is 0.870. The fourth-order valence-electron chi connectivity index (χ4n) is 2.72. The van der Waals surface area contributed by atoms with E-state index in [0.29, 0.717) is 5.92 Å². The number of hydrogen-bond donors (Lipinski definition) is 1. The molecule has 1 fully saturated rings. The van der Waals surface area contributed by atoms with Crippen molar-refractivity contribution in [1.82, 2.24) is 0 Å². The average Bonchev–Trinajstić information content (AvgIpc) is 2.87. The van der Waals surface area contributed by atoms with Gasteiger partial charge in [-0.1, -0.05) is 6.92 Å². The molecule has 1 saturated heterocycles. The molecule has 0 radical (unpaired) electrons. The van der Waals surface area contributed by atoms with Crippen molar-refractivity contribution in [2.75, 3.05) is 31.6 Å². The summed E-state index contributed by atoms with van der Waals surface area (Å²) in [6.07, 6.45) is 2.54. The van der Waals surface area contributed by atoms with Crippen molar-refractivity contribution in [3.63, 3.8) is 0 Å². The smallest absolute Gasteiger partial charge is 0.119 e. The Hall–Kier alpha value is -1.22.